The average Bonchev–Trinajstić information content (AvgIpc) is 3.40. The van der Waals surface area contributed by atoms with Crippen LogP contribution in [0.15, 0.2) is 84.3 Å². The van der Waals surface area contributed by atoms with E-state index in [1.165, 1.54) is 6.33 Å². The molecule has 9 nitrogen and oxygen atoms in total. The summed E-state index contributed by atoms with van der Waals surface area (Å²) in [6.45, 7) is 2.11. The summed E-state index contributed by atoms with van der Waals surface area (Å²) < 4.78 is 18.9. The number of allylic oxidation sites excluding steroid dienone is 1. The van der Waals surface area contributed by atoms with Crippen molar-refractivity contribution in [2.45, 2.75) is 19.6 Å². The van der Waals surface area contributed by atoms with Gasteiger partial charge in [-0.05, 0) is 55.0 Å². The highest BCUT2D eigenvalue weighted by molar-refractivity contribution is 6.30. The van der Waals surface area contributed by atoms with Gasteiger partial charge in [-0.1, -0.05) is 35.9 Å². The number of amides is 1. The number of carbonyl (C=O) groups excluding carboxylic acids is 1. The summed E-state index contributed by atoms with van der Waals surface area (Å²) >= 11 is 6.04. The van der Waals surface area contributed by atoms with Crippen LogP contribution in [0.1, 0.15) is 24.1 Å². The van der Waals surface area contributed by atoms with E-state index < -0.39 is 6.04 Å². The first kappa shape index (κ1) is 25.2. The summed E-state index contributed by atoms with van der Waals surface area (Å²) in [5.41, 5.74) is 3.37. The molecule has 2 N–H and O–H groups in total. The number of hydrogen-bond donors (Lipinski definition) is 2. The second kappa shape index (κ2) is 10.9. The van der Waals surface area contributed by atoms with Crippen LogP contribution in [0.4, 0.5) is 11.6 Å². The largest absolute Gasteiger partial charge is 0.497 e. The summed E-state index contributed by atoms with van der Waals surface area (Å²) in [5, 5.41) is 11.3. The maximum atomic E-state index is 13.7. The fourth-order valence-corrected chi connectivity index (χ4v) is 4.47. The lowest BCUT2D eigenvalue weighted by Gasteiger charge is -2.30. The van der Waals surface area contributed by atoms with Crippen LogP contribution in [-0.4, -0.2) is 34.9 Å². The van der Waals surface area contributed by atoms with Crippen molar-refractivity contribution >= 4 is 29.1 Å². The van der Waals surface area contributed by atoms with E-state index in [-0.39, 0.29) is 12.5 Å². The molecule has 0 bridgehead atoms. The number of fused-ring (bicyclic) bond motifs is 1. The molecule has 0 fully saturated rings. The first-order valence-electron chi connectivity index (χ1n) is 11.9. The summed E-state index contributed by atoms with van der Waals surface area (Å²) in [5.74, 6) is 1.95. The van der Waals surface area contributed by atoms with E-state index in [0.29, 0.717) is 50.7 Å². The smallest absolute Gasteiger partial charge is 0.255 e. The fourth-order valence-electron chi connectivity index (χ4n) is 4.34. The zero-order chi connectivity index (χ0) is 26.6. The van der Waals surface area contributed by atoms with Crippen LogP contribution in [0.3, 0.4) is 0 Å². The molecule has 4 aromatic rings. The van der Waals surface area contributed by atoms with E-state index in [2.05, 4.69) is 20.7 Å². The normalized spacial score (nSPS) is 14.4. The maximum absolute atomic E-state index is 13.7. The number of para-hydroxylation sites is 1. The van der Waals surface area contributed by atoms with E-state index in [0.717, 1.165) is 5.56 Å². The van der Waals surface area contributed by atoms with Crippen LogP contribution in [0, 0.1) is 0 Å². The van der Waals surface area contributed by atoms with Gasteiger partial charge in [-0.2, -0.15) is 10.1 Å². The molecule has 5 rings (SSSR count). The Hall–Kier alpha value is -4.50. The molecular formula is C28H26ClN5O4. The number of aromatic nitrogens is 3. The summed E-state index contributed by atoms with van der Waals surface area (Å²) in [4.78, 5) is 18.1. The van der Waals surface area contributed by atoms with Crippen LogP contribution in [0.2, 0.25) is 5.02 Å². The van der Waals surface area contributed by atoms with E-state index in [9.17, 15) is 4.79 Å². The Labute approximate surface area is 225 Å². The number of carbonyl (C=O) groups is 1. The van der Waals surface area contributed by atoms with Gasteiger partial charge in [-0.15, -0.1) is 0 Å². The van der Waals surface area contributed by atoms with Gasteiger partial charge in [0.05, 0.1) is 19.8 Å². The lowest BCUT2D eigenvalue weighted by Crippen LogP contribution is -2.31. The van der Waals surface area contributed by atoms with E-state index in [1.54, 1.807) is 43.2 Å². The molecule has 1 atom stereocenters. The first-order valence-corrected chi connectivity index (χ1v) is 12.2. The van der Waals surface area contributed by atoms with Crippen molar-refractivity contribution in [3.63, 3.8) is 0 Å². The summed E-state index contributed by atoms with van der Waals surface area (Å²) in [7, 11) is 3.17. The lowest BCUT2D eigenvalue weighted by molar-refractivity contribution is -0.113. The molecule has 1 aliphatic rings. The minimum absolute atomic E-state index is 0.274. The Bertz CT molecular complexity index is 1480. The predicted octanol–water partition coefficient (Wildman–Crippen LogP) is 5.46. The molecule has 0 spiro atoms. The van der Waals surface area contributed by atoms with Gasteiger partial charge in [0.2, 0.25) is 5.95 Å². The van der Waals surface area contributed by atoms with E-state index in [1.807, 2.05) is 49.4 Å². The predicted molar refractivity (Wildman–Crippen MR) is 145 cm³/mol. The third kappa shape index (κ3) is 5.01. The third-order valence-electron chi connectivity index (χ3n) is 6.21. The Morgan fingerprint density at radius 1 is 1.05 bits per heavy atom. The van der Waals surface area contributed by atoms with Crippen LogP contribution >= 0.6 is 11.6 Å². The number of ether oxygens (including phenoxy) is 3. The molecule has 0 aliphatic carbocycles. The van der Waals surface area contributed by atoms with Gasteiger partial charge in [0.25, 0.3) is 5.91 Å². The molecular weight excluding hydrogens is 506 g/mol. The number of halogens is 1. The monoisotopic (exact) mass is 531 g/mol. The third-order valence-corrected chi connectivity index (χ3v) is 6.46. The highest BCUT2D eigenvalue weighted by Gasteiger charge is 2.36. The molecule has 38 heavy (non-hydrogen) atoms. The number of nitrogens with zero attached hydrogens (tertiary/aromatic N) is 3. The van der Waals surface area contributed by atoms with Gasteiger partial charge in [0.1, 0.15) is 24.7 Å². The molecule has 194 valence electrons. The van der Waals surface area contributed by atoms with Crippen LogP contribution in [0.25, 0.3) is 0 Å². The topological polar surface area (TPSA) is 99.5 Å². The van der Waals surface area contributed by atoms with Crippen LogP contribution < -0.4 is 24.8 Å². The van der Waals surface area contributed by atoms with Gasteiger partial charge in [0.15, 0.2) is 11.5 Å². The Kier molecular flexibility index (Phi) is 7.19. The SMILES string of the molecule is COc1ccc(NC(=O)C2=C(C)Nc3ncnn3[C@@H]2c2cccc(OC)c2OCc2ccc(Cl)cc2)cc1. The molecule has 0 saturated heterocycles. The summed E-state index contributed by atoms with van der Waals surface area (Å²) in [6, 6.07) is 19.5. The standard InChI is InChI=1S/C28H26ClN5O4/c1-17-24(27(35)33-20-11-13-21(36-2)14-12-20)25(34-28(32-17)30-16-31-34)22-5-4-6-23(37-3)26(22)38-15-18-7-9-19(29)10-8-18/h4-14,16,25H,15H2,1-3H3,(H,33,35)(H,30,31,32)/t25-/m1/s1. The van der Waals surface area contributed by atoms with Gasteiger partial charge < -0.3 is 24.8 Å². The molecule has 0 radical (unpaired) electrons. The molecule has 2 heterocycles. The minimum atomic E-state index is -0.637. The van der Waals surface area contributed by atoms with E-state index >= 15 is 0 Å². The molecule has 3 aromatic carbocycles. The van der Waals surface area contributed by atoms with Gasteiger partial charge in [-0.3, -0.25) is 4.79 Å². The number of anilines is 2. The van der Waals surface area contributed by atoms with E-state index in [4.69, 9.17) is 25.8 Å². The van der Waals surface area contributed by atoms with Crippen molar-refractivity contribution in [3.8, 4) is 17.2 Å². The van der Waals surface area contributed by atoms with Crippen LogP contribution in [-0.2, 0) is 11.4 Å². The average molecular weight is 532 g/mol. The Balaban J connectivity index is 1.54. The molecule has 1 amide bonds. The molecule has 10 heteroatoms. The van der Waals surface area contributed by atoms with Gasteiger partial charge in [0, 0.05) is 22.0 Å². The summed E-state index contributed by atoms with van der Waals surface area (Å²) in [6.07, 6.45) is 1.45. The second-order valence-electron chi connectivity index (χ2n) is 8.57. The van der Waals surface area contributed by atoms with Crippen molar-refractivity contribution < 1.29 is 19.0 Å². The van der Waals surface area contributed by atoms with Gasteiger partial charge in [-0.25, -0.2) is 4.68 Å². The van der Waals surface area contributed by atoms with Crippen molar-refractivity contribution in [3.05, 3.63) is 100 Å². The Morgan fingerprint density at radius 2 is 1.82 bits per heavy atom. The molecule has 1 aliphatic heterocycles. The zero-order valence-electron chi connectivity index (χ0n) is 21.1. The minimum Gasteiger partial charge on any atom is -0.497 e. The van der Waals surface area contributed by atoms with Crippen LogP contribution in [0.5, 0.6) is 17.2 Å². The molecule has 0 unspecified atom stereocenters. The zero-order valence-corrected chi connectivity index (χ0v) is 21.8. The number of nitrogens with one attached hydrogen (secondary N) is 2. The fraction of sp³-hybridized carbons (Fsp3) is 0.179. The number of methoxy groups -OCH3 is 2. The Morgan fingerprint density at radius 3 is 2.53 bits per heavy atom. The number of hydrogen-bond acceptors (Lipinski definition) is 7. The van der Waals surface area contributed by atoms with Crippen molar-refractivity contribution in [1.82, 2.24) is 14.8 Å². The number of benzene rings is 3. The van der Waals surface area contributed by atoms with Crippen molar-refractivity contribution in [2.75, 3.05) is 24.9 Å². The second-order valence-corrected chi connectivity index (χ2v) is 9.01. The quantitative estimate of drug-likeness (QED) is 0.311. The number of rotatable bonds is 8. The molecule has 1 aromatic heterocycles. The van der Waals surface area contributed by atoms with Gasteiger partial charge >= 0.3 is 0 Å². The highest BCUT2D eigenvalue weighted by Crippen LogP contribution is 2.43. The van der Waals surface area contributed by atoms with Crippen molar-refractivity contribution in [2.24, 2.45) is 0 Å². The maximum Gasteiger partial charge on any atom is 0.255 e. The first-order chi connectivity index (χ1) is 18.5. The lowest BCUT2D eigenvalue weighted by atomic mass is 9.94. The van der Waals surface area contributed by atoms with Crippen molar-refractivity contribution in [1.29, 1.82) is 0 Å². The molecule has 0 saturated carbocycles. The highest BCUT2D eigenvalue weighted by atomic mass is 35.5.